The number of morpholine rings is 1. The van der Waals surface area contributed by atoms with E-state index in [1.165, 1.54) is 6.07 Å². The Hall–Kier alpha value is -3.20. The van der Waals surface area contributed by atoms with Crippen molar-refractivity contribution in [3.8, 4) is 0 Å². The molecule has 0 unspecified atom stereocenters. The van der Waals surface area contributed by atoms with Crippen LogP contribution in [0.2, 0.25) is 0 Å². The number of aromatic nitrogens is 3. The smallest absolute Gasteiger partial charge is 0.270 e. The van der Waals surface area contributed by atoms with E-state index in [1.807, 2.05) is 17.0 Å². The molecule has 1 aliphatic heterocycles. The Morgan fingerprint density at radius 1 is 1.24 bits per heavy atom. The summed E-state index contributed by atoms with van der Waals surface area (Å²) in [5, 5.41) is 3.97. The van der Waals surface area contributed by atoms with Crippen molar-refractivity contribution in [2.24, 2.45) is 0 Å². The predicted molar refractivity (Wildman–Crippen MR) is 130 cm³/mol. The number of fused-ring (bicyclic) bond motifs is 1. The van der Waals surface area contributed by atoms with Crippen LogP contribution in [0.5, 0.6) is 0 Å². The molecule has 0 bridgehead atoms. The summed E-state index contributed by atoms with van der Waals surface area (Å²) in [6.07, 6.45) is 5.82. The molecule has 2 fully saturated rings. The molecule has 1 aliphatic carbocycles. The zero-order valence-corrected chi connectivity index (χ0v) is 20.0. The summed E-state index contributed by atoms with van der Waals surface area (Å²) in [7, 11) is 3.52. The normalized spacial score (nSPS) is 17.5. The van der Waals surface area contributed by atoms with Crippen molar-refractivity contribution in [2.45, 2.75) is 38.1 Å². The molecule has 3 heterocycles. The summed E-state index contributed by atoms with van der Waals surface area (Å²) in [4.78, 5) is 25.8. The third-order valence-electron chi connectivity index (χ3n) is 7.14. The summed E-state index contributed by atoms with van der Waals surface area (Å²) >= 11 is 0. The number of hydrogen-bond acceptors (Lipinski definition) is 6. The number of nitrogens with zero attached hydrogens (tertiary/aromatic N) is 5. The van der Waals surface area contributed by atoms with Crippen molar-refractivity contribution in [3.05, 3.63) is 42.0 Å². The van der Waals surface area contributed by atoms with Gasteiger partial charge in [-0.1, -0.05) is 6.92 Å². The summed E-state index contributed by atoms with van der Waals surface area (Å²) in [6.45, 7) is 4.71. The van der Waals surface area contributed by atoms with Gasteiger partial charge < -0.3 is 24.4 Å². The van der Waals surface area contributed by atoms with Crippen LogP contribution < -0.4 is 10.2 Å². The van der Waals surface area contributed by atoms with Gasteiger partial charge in [-0.3, -0.25) is 4.79 Å². The maximum atomic E-state index is 14.9. The highest BCUT2D eigenvalue weighted by atomic mass is 19.1. The van der Waals surface area contributed by atoms with Crippen molar-refractivity contribution >= 4 is 34.3 Å². The minimum atomic E-state index is -0.297. The molecule has 1 N–H and O–H groups in total. The van der Waals surface area contributed by atoms with Gasteiger partial charge in [0.2, 0.25) is 5.95 Å². The van der Waals surface area contributed by atoms with Crippen molar-refractivity contribution in [2.75, 3.05) is 50.6 Å². The summed E-state index contributed by atoms with van der Waals surface area (Å²) in [6, 6.07) is 6.96. The van der Waals surface area contributed by atoms with Crippen LogP contribution in [-0.4, -0.2) is 65.7 Å². The van der Waals surface area contributed by atoms with Gasteiger partial charge in [-0.05, 0) is 49.9 Å². The highest BCUT2D eigenvalue weighted by Crippen LogP contribution is 2.45. The molecule has 3 aromatic rings. The number of hydrogen-bond donors (Lipinski definition) is 1. The Morgan fingerprint density at radius 2 is 2.00 bits per heavy atom. The first kappa shape index (κ1) is 22.6. The fraction of sp³-hybridized carbons (Fsp3) is 0.480. The zero-order chi connectivity index (χ0) is 23.9. The SMILES string of the molecule is CCC1(n2c(C(=O)N(C)C)cc3cnc(Nc4ccc(N5CCOCC5)c(F)c4)nc32)CCC1. The monoisotopic (exact) mass is 466 g/mol. The molecule has 180 valence electrons. The van der Waals surface area contributed by atoms with Crippen molar-refractivity contribution in [1.82, 2.24) is 19.4 Å². The van der Waals surface area contributed by atoms with Crippen LogP contribution in [0.15, 0.2) is 30.5 Å². The van der Waals surface area contributed by atoms with Crippen LogP contribution in [0.25, 0.3) is 11.0 Å². The lowest BCUT2D eigenvalue weighted by Crippen LogP contribution is -2.42. The van der Waals surface area contributed by atoms with Gasteiger partial charge in [0.15, 0.2) is 0 Å². The van der Waals surface area contributed by atoms with Crippen LogP contribution in [0.3, 0.4) is 0 Å². The van der Waals surface area contributed by atoms with E-state index in [0.29, 0.717) is 49.3 Å². The molecule has 5 rings (SSSR count). The summed E-state index contributed by atoms with van der Waals surface area (Å²) < 4.78 is 22.3. The van der Waals surface area contributed by atoms with Crippen LogP contribution in [0, 0.1) is 5.82 Å². The maximum absolute atomic E-state index is 14.9. The molecule has 8 nitrogen and oxygen atoms in total. The van der Waals surface area contributed by atoms with Gasteiger partial charge in [-0.2, -0.15) is 4.98 Å². The van der Waals surface area contributed by atoms with Gasteiger partial charge in [0.25, 0.3) is 5.91 Å². The van der Waals surface area contributed by atoms with E-state index in [4.69, 9.17) is 9.72 Å². The third kappa shape index (κ3) is 3.87. The van der Waals surface area contributed by atoms with E-state index in [9.17, 15) is 9.18 Å². The molecule has 0 atom stereocenters. The minimum Gasteiger partial charge on any atom is -0.378 e. The Morgan fingerprint density at radius 3 is 2.62 bits per heavy atom. The quantitative estimate of drug-likeness (QED) is 0.589. The molecule has 34 heavy (non-hydrogen) atoms. The number of benzene rings is 1. The van der Waals surface area contributed by atoms with E-state index >= 15 is 0 Å². The molecule has 1 amide bonds. The second kappa shape index (κ2) is 8.87. The lowest BCUT2D eigenvalue weighted by molar-refractivity contribution is 0.0780. The zero-order valence-electron chi connectivity index (χ0n) is 20.0. The van der Waals surface area contributed by atoms with Gasteiger partial charge in [-0.15, -0.1) is 0 Å². The second-order valence-electron chi connectivity index (χ2n) is 9.36. The van der Waals surface area contributed by atoms with Gasteiger partial charge >= 0.3 is 0 Å². The standard InChI is InChI=1S/C25H31FN6O2/c1-4-25(8-5-9-25)32-21(23(33)30(2)3)14-17-16-27-24(29-22(17)32)28-18-6-7-20(19(26)15-18)31-10-12-34-13-11-31/h6-7,14-16H,4-5,8-13H2,1-3H3,(H,27,28,29). The van der Waals surface area contributed by atoms with Crippen LogP contribution in [0.1, 0.15) is 43.1 Å². The highest BCUT2D eigenvalue weighted by Gasteiger charge is 2.41. The molecule has 9 heteroatoms. The third-order valence-corrected chi connectivity index (χ3v) is 7.14. The first-order chi connectivity index (χ1) is 16.4. The topological polar surface area (TPSA) is 75.5 Å². The molecule has 0 radical (unpaired) electrons. The molecule has 2 aliphatic rings. The highest BCUT2D eigenvalue weighted by molar-refractivity contribution is 5.98. The number of carbonyl (C=O) groups is 1. The van der Waals surface area contributed by atoms with E-state index in [2.05, 4.69) is 21.8 Å². The minimum absolute atomic E-state index is 0.0481. The average Bonchev–Trinajstić information content (AvgIpc) is 3.18. The van der Waals surface area contributed by atoms with Gasteiger partial charge in [0.05, 0.1) is 18.9 Å². The number of nitrogens with one attached hydrogen (secondary N) is 1. The van der Waals surface area contributed by atoms with Crippen LogP contribution >= 0.6 is 0 Å². The summed E-state index contributed by atoms with van der Waals surface area (Å²) in [5.74, 6) is 0.0300. The second-order valence-corrected chi connectivity index (χ2v) is 9.36. The Labute approximate surface area is 198 Å². The van der Waals surface area contributed by atoms with Gasteiger partial charge in [-0.25, -0.2) is 9.37 Å². The lowest BCUT2D eigenvalue weighted by atomic mass is 9.74. The van der Waals surface area contributed by atoms with Gasteiger partial charge in [0.1, 0.15) is 17.2 Å². The van der Waals surface area contributed by atoms with E-state index in [1.54, 1.807) is 31.3 Å². The Balaban J connectivity index is 1.49. The molecule has 2 aromatic heterocycles. The number of anilines is 3. The number of amides is 1. The predicted octanol–water partition coefficient (Wildman–Crippen LogP) is 4.14. The van der Waals surface area contributed by atoms with Crippen LogP contribution in [-0.2, 0) is 10.3 Å². The number of ether oxygens (including phenoxy) is 1. The fourth-order valence-electron chi connectivity index (χ4n) is 5.01. The van der Waals surface area contributed by atoms with Crippen molar-refractivity contribution in [1.29, 1.82) is 0 Å². The average molecular weight is 467 g/mol. The van der Waals surface area contributed by atoms with Crippen LogP contribution in [0.4, 0.5) is 21.7 Å². The first-order valence-corrected chi connectivity index (χ1v) is 11.9. The summed E-state index contributed by atoms with van der Waals surface area (Å²) in [5.41, 5.74) is 2.40. The Kier molecular flexibility index (Phi) is 5.89. The largest absolute Gasteiger partial charge is 0.378 e. The Bertz CT molecular complexity index is 1210. The first-order valence-electron chi connectivity index (χ1n) is 11.9. The number of halogens is 1. The van der Waals surface area contributed by atoms with Gasteiger partial charge in [0, 0.05) is 50.0 Å². The molecule has 1 saturated heterocycles. The van der Waals surface area contributed by atoms with E-state index in [0.717, 1.165) is 36.7 Å². The molecule has 1 saturated carbocycles. The molecule has 1 aromatic carbocycles. The van der Waals surface area contributed by atoms with Crippen molar-refractivity contribution < 1.29 is 13.9 Å². The number of carbonyl (C=O) groups excluding carboxylic acids is 1. The molecular weight excluding hydrogens is 435 g/mol. The maximum Gasteiger partial charge on any atom is 0.270 e. The lowest BCUT2D eigenvalue weighted by Gasteiger charge is -2.44. The fourth-order valence-corrected chi connectivity index (χ4v) is 5.01. The molecule has 0 spiro atoms. The van der Waals surface area contributed by atoms with E-state index in [-0.39, 0.29) is 17.3 Å². The number of rotatable bonds is 6. The van der Waals surface area contributed by atoms with E-state index < -0.39 is 0 Å². The van der Waals surface area contributed by atoms with Crippen molar-refractivity contribution in [3.63, 3.8) is 0 Å². The molecular formula is C25H31FN6O2.